The van der Waals surface area contributed by atoms with E-state index in [1.807, 2.05) is 18.2 Å². The predicted molar refractivity (Wildman–Crippen MR) is 85.4 cm³/mol. The van der Waals surface area contributed by atoms with Crippen LogP contribution in [0, 0.1) is 0 Å². The molecule has 0 bridgehead atoms. The van der Waals surface area contributed by atoms with Crippen molar-refractivity contribution in [1.82, 2.24) is 4.90 Å². The van der Waals surface area contributed by atoms with Crippen molar-refractivity contribution in [3.63, 3.8) is 0 Å². The van der Waals surface area contributed by atoms with Gasteiger partial charge >= 0.3 is 0 Å². The van der Waals surface area contributed by atoms with Crippen molar-refractivity contribution in [2.75, 3.05) is 6.54 Å². The molecule has 1 unspecified atom stereocenters. The third kappa shape index (κ3) is 4.19. The van der Waals surface area contributed by atoms with Gasteiger partial charge in [-0.25, -0.2) is 0 Å². The second-order valence-corrected chi connectivity index (χ2v) is 5.53. The van der Waals surface area contributed by atoms with Crippen LogP contribution in [0.1, 0.15) is 31.0 Å². The van der Waals surface area contributed by atoms with E-state index >= 15 is 0 Å². The first kappa shape index (κ1) is 14.8. The Hall–Kier alpha value is -1.64. The summed E-state index contributed by atoms with van der Waals surface area (Å²) in [6, 6.07) is 21.4. The first-order chi connectivity index (χ1) is 9.66. The van der Waals surface area contributed by atoms with Gasteiger partial charge in [-0.05, 0) is 25.0 Å². The van der Waals surface area contributed by atoms with Gasteiger partial charge in [0.25, 0.3) is 0 Å². The zero-order chi connectivity index (χ0) is 14.4. The smallest absolute Gasteiger partial charge is 0.0424 e. The minimum Gasteiger partial charge on any atom is -0.323 e. The highest BCUT2D eigenvalue weighted by Crippen LogP contribution is 2.15. The van der Waals surface area contributed by atoms with E-state index in [2.05, 4.69) is 61.2 Å². The molecule has 0 radical (unpaired) electrons. The molecule has 0 fully saturated rings. The van der Waals surface area contributed by atoms with E-state index in [9.17, 15) is 0 Å². The van der Waals surface area contributed by atoms with Crippen molar-refractivity contribution < 1.29 is 0 Å². The summed E-state index contributed by atoms with van der Waals surface area (Å²) in [5.41, 5.74) is 8.88. The van der Waals surface area contributed by atoms with Crippen LogP contribution >= 0.6 is 0 Å². The first-order valence-corrected chi connectivity index (χ1v) is 7.25. The number of hydrogen-bond donors (Lipinski definition) is 1. The largest absolute Gasteiger partial charge is 0.323 e. The highest BCUT2D eigenvalue weighted by Gasteiger charge is 2.15. The number of nitrogens with zero attached hydrogens (tertiary/aromatic N) is 1. The summed E-state index contributed by atoms with van der Waals surface area (Å²) in [6.45, 7) is 6.26. The molecule has 0 saturated carbocycles. The first-order valence-electron chi connectivity index (χ1n) is 7.25. The Kier molecular flexibility index (Phi) is 5.33. The number of nitrogens with two attached hydrogens (primary N) is 1. The van der Waals surface area contributed by atoms with Gasteiger partial charge in [0.05, 0.1) is 0 Å². The Bertz CT molecular complexity index is 493. The monoisotopic (exact) mass is 268 g/mol. The van der Waals surface area contributed by atoms with E-state index in [1.165, 1.54) is 11.1 Å². The average molecular weight is 268 g/mol. The van der Waals surface area contributed by atoms with Crippen molar-refractivity contribution in [3.8, 4) is 0 Å². The van der Waals surface area contributed by atoms with Crippen LogP contribution in [0.2, 0.25) is 0 Å². The lowest BCUT2D eigenvalue weighted by atomic mass is 10.1. The zero-order valence-electron chi connectivity index (χ0n) is 12.4. The number of benzene rings is 2. The highest BCUT2D eigenvalue weighted by atomic mass is 15.2. The van der Waals surface area contributed by atoms with Gasteiger partial charge in [-0.15, -0.1) is 0 Å². The second kappa shape index (κ2) is 7.22. The molecule has 2 nitrogen and oxygen atoms in total. The summed E-state index contributed by atoms with van der Waals surface area (Å²) in [5.74, 6) is 0. The number of rotatable bonds is 6. The maximum absolute atomic E-state index is 6.35. The Labute approximate surface area is 122 Å². The van der Waals surface area contributed by atoms with Gasteiger partial charge in [0.2, 0.25) is 0 Å². The van der Waals surface area contributed by atoms with Crippen LogP contribution in [-0.4, -0.2) is 17.5 Å². The SMILES string of the molecule is CC(C)N(Cc1ccccc1)CC(N)c1ccccc1. The van der Waals surface area contributed by atoms with Crippen LogP contribution in [-0.2, 0) is 6.54 Å². The molecule has 0 heterocycles. The van der Waals surface area contributed by atoms with Crippen molar-refractivity contribution in [2.24, 2.45) is 5.73 Å². The third-order valence-corrected chi connectivity index (χ3v) is 3.62. The summed E-state index contributed by atoms with van der Waals surface area (Å²) in [4.78, 5) is 2.42. The fraction of sp³-hybridized carbons (Fsp3) is 0.333. The van der Waals surface area contributed by atoms with E-state index < -0.39 is 0 Å². The lowest BCUT2D eigenvalue weighted by Crippen LogP contribution is -2.36. The van der Waals surface area contributed by atoms with Gasteiger partial charge in [-0.3, -0.25) is 4.90 Å². The molecular formula is C18H24N2. The lowest BCUT2D eigenvalue weighted by Gasteiger charge is -2.29. The molecule has 2 aromatic rings. The second-order valence-electron chi connectivity index (χ2n) is 5.53. The minimum atomic E-state index is 0.0577. The van der Waals surface area contributed by atoms with E-state index in [0.29, 0.717) is 6.04 Å². The topological polar surface area (TPSA) is 29.3 Å². The van der Waals surface area contributed by atoms with E-state index in [1.54, 1.807) is 0 Å². The van der Waals surface area contributed by atoms with Crippen molar-refractivity contribution in [2.45, 2.75) is 32.5 Å². The van der Waals surface area contributed by atoms with Gasteiger partial charge in [-0.2, -0.15) is 0 Å². The normalized spacial score (nSPS) is 12.8. The van der Waals surface area contributed by atoms with Gasteiger partial charge in [-0.1, -0.05) is 60.7 Å². The molecule has 0 amide bonds. The Morgan fingerprint density at radius 1 is 0.900 bits per heavy atom. The molecule has 2 aromatic carbocycles. The van der Waals surface area contributed by atoms with Crippen LogP contribution < -0.4 is 5.73 Å². The maximum Gasteiger partial charge on any atom is 0.0424 e. The summed E-state index contributed by atoms with van der Waals surface area (Å²) in [6.07, 6.45) is 0. The van der Waals surface area contributed by atoms with E-state index in [-0.39, 0.29) is 6.04 Å². The fourth-order valence-electron chi connectivity index (χ4n) is 2.33. The molecule has 0 aliphatic rings. The van der Waals surface area contributed by atoms with E-state index in [4.69, 9.17) is 5.73 Å². The van der Waals surface area contributed by atoms with Crippen molar-refractivity contribution in [1.29, 1.82) is 0 Å². The minimum absolute atomic E-state index is 0.0577. The van der Waals surface area contributed by atoms with Crippen LogP contribution in [0.3, 0.4) is 0 Å². The van der Waals surface area contributed by atoms with Gasteiger partial charge in [0.1, 0.15) is 0 Å². The summed E-state index contributed by atoms with van der Waals surface area (Å²) in [7, 11) is 0. The Morgan fingerprint density at radius 3 is 2.00 bits per heavy atom. The Morgan fingerprint density at radius 2 is 1.45 bits per heavy atom. The molecule has 0 aromatic heterocycles. The van der Waals surface area contributed by atoms with Crippen molar-refractivity contribution in [3.05, 3.63) is 71.8 Å². The molecule has 2 heteroatoms. The number of hydrogen-bond acceptors (Lipinski definition) is 2. The van der Waals surface area contributed by atoms with Crippen molar-refractivity contribution >= 4 is 0 Å². The fourth-order valence-corrected chi connectivity index (χ4v) is 2.33. The lowest BCUT2D eigenvalue weighted by molar-refractivity contribution is 0.200. The maximum atomic E-state index is 6.35. The molecule has 20 heavy (non-hydrogen) atoms. The predicted octanol–water partition coefficient (Wildman–Crippen LogP) is 3.60. The molecule has 106 valence electrons. The summed E-state index contributed by atoms with van der Waals surface area (Å²) < 4.78 is 0. The summed E-state index contributed by atoms with van der Waals surface area (Å²) >= 11 is 0. The molecule has 0 saturated heterocycles. The van der Waals surface area contributed by atoms with Gasteiger partial charge < -0.3 is 5.73 Å². The van der Waals surface area contributed by atoms with Crippen LogP contribution in [0.15, 0.2) is 60.7 Å². The standard InChI is InChI=1S/C18H24N2/c1-15(2)20(13-16-9-5-3-6-10-16)14-18(19)17-11-7-4-8-12-17/h3-12,15,18H,13-14,19H2,1-2H3. The van der Waals surface area contributed by atoms with E-state index in [0.717, 1.165) is 13.1 Å². The molecule has 0 spiro atoms. The molecule has 2 N–H and O–H groups in total. The summed E-state index contributed by atoms with van der Waals surface area (Å²) in [5, 5.41) is 0. The van der Waals surface area contributed by atoms with Crippen LogP contribution in [0.25, 0.3) is 0 Å². The molecular weight excluding hydrogens is 244 g/mol. The van der Waals surface area contributed by atoms with Gasteiger partial charge in [0, 0.05) is 25.2 Å². The molecule has 2 rings (SSSR count). The third-order valence-electron chi connectivity index (χ3n) is 3.62. The van der Waals surface area contributed by atoms with Gasteiger partial charge in [0.15, 0.2) is 0 Å². The van der Waals surface area contributed by atoms with Crippen LogP contribution in [0.5, 0.6) is 0 Å². The highest BCUT2D eigenvalue weighted by molar-refractivity contribution is 5.19. The van der Waals surface area contributed by atoms with Crippen LogP contribution in [0.4, 0.5) is 0 Å². The Balaban J connectivity index is 2.03. The molecule has 1 atom stereocenters. The molecule has 0 aliphatic carbocycles. The average Bonchev–Trinajstić information content (AvgIpc) is 2.48. The quantitative estimate of drug-likeness (QED) is 0.867. The zero-order valence-corrected chi connectivity index (χ0v) is 12.4. The molecule has 0 aliphatic heterocycles.